The van der Waals surface area contributed by atoms with Crippen LogP contribution in [0.25, 0.3) is 11.1 Å². The lowest BCUT2D eigenvalue weighted by molar-refractivity contribution is -0.131. The molecule has 0 spiro atoms. The Kier molecular flexibility index (Phi) is 8.92. The van der Waals surface area contributed by atoms with Crippen molar-refractivity contribution in [3.63, 3.8) is 0 Å². The van der Waals surface area contributed by atoms with Gasteiger partial charge in [0.05, 0.1) is 13.1 Å². The Morgan fingerprint density at radius 3 is 2.41 bits per heavy atom. The predicted octanol–water partition coefficient (Wildman–Crippen LogP) is 3.83. The van der Waals surface area contributed by atoms with Crippen LogP contribution in [0.15, 0.2) is 67.0 Å². The number of aromatic nitrogens is 1. The largest absolute Gasteiger partial charge is 0.344 e. The molecule has 1 aromatic heterocycles. The fourth-order valence-corrected chi connectivity index (χ4v) is 4.19. The minimum Gasteiger partial charge on any atom is -0.344 e. The van der Waals surface area contributed by atoms with Crippen LogP contribution < -0.4 is 10.2 Å². The van der Waals surface area contributed by atoms with Gasteiger partial charge in [0.25, 0.3) is 5.91 Å². The fourth-order valence-electron chi connectivity index (χ4n) is 4.19. The Morgan fingerprint density at radius 2 is 1.74 bits per heavy atom. The van der Waals surface area contributed by atoms with Gasteiger partial charge in [-0.3, -0.25) is 19.5 Å². The molecule has 8 nitrogen and oxygen atoms in total. The molecule has 1 aliphatic heterocycles. The number of ketones is 1. The normalized spacial score (nSPS) is 13.8. The molecule has 2 heterocycles. The molecule has 1 aliphatic rings. The summed E-state index contributed by atoms with van der Waals surface area (Å²) in [7, 11) is 1.98. The van der Waals surface area contributed by atoms with Crippen LogP contribution in [0.2, 0.25) is 0 Å². The van der Waals surface area contributed by atoms with Crippen LogP contribution in [-0.4, -0.2) is 78.7 Å². The van der Waals surface area contributed by atoms with Crippen molar-refractivity contribution in [2.75, 3.05) is 44.7 Å². The molecule has 0 radical (unpaired) electrons. The van der Waals surface area contributed by atoms with Gasteiger partial charge < -0.3 is 15.1 Å². The third-order valence-electron chi connectivity index (χ3n) is 6.48. The van der Waals surface area contributed by atoms with Crippen LogP contribution in [-0.2, 0) is 11.3 Å². The Balaban J connectivity index is 1.60. The van der Waals surface area contributed by atoms with Gasteiger partial charge >= 0.3 is 12.5 Å². The minimum atomic E-state index is -3.25. The summed E-state index contributed by atoms with van der Waals surface area (Å²) in [5.74, 6) is -3.03. The molecule has 1 fully saturated rings. The molecular formula is C28H28F3N5O3. The van der Waals surface area contributed by atoms with Gasteiger partial charge in [0.2, 0.25) is 0 Å². The van der Waals surface area contributed by atoms with E-state index in [0.717, 1.165) is 17.2 Å². The second-order valence-electron chi connectivity index (χ2n) is 9.20. The second kappa shape index (κ2) is 12.5. The number of hydrogen-bond donors (Lipinski definition) is 1. The highest BCUT2D eigenvalue weighted by Crippen LogP contribution is 2.27. The lowest BCUT2D eigenvalue weighted by Crippen LogP contribution is -2.52. The number of halogens is 3. The molecule has 1 N–H and O–H groups in total. The van der Waals surface area contributed by atoms with Crippen molar-refractivity contribution in [2.24, 2.45) is 0 Å². The van der Waals surface area contributed by atoms with Crippen molar-refractivity contribution < 1.29 is 27.6 Å². The highest BCUT2D eigenvalue weighted by Gasteiger charge is 2.27. The van der Waals surface area contributed by atoms with Gasteiger partial charge in [-0.1, -0.05) is 30.3 Å². The first-order valence-corrected chi connectivity index (χ1v) is 12.4. The van der Waals surface area contributed by atoms with E-state index in [1.165, 1.54) is 17.0 Å². The molecule has 3 amide bonds. The van der Waals surface area contributed by atoms with Crippen molar-refractivity contribution >= 4 is 23.4 Å². The van der Waals surface area contributed by atoms with Crippen LogP contribution >= 0.6 is 0 Å². The summed E-state index contributed by atoms with van der Waals surface area (Å²) in [6, 6.07) is 14.5. The number of anilines is 1. The number of hydrogen-bond acceptors (Lipinski definition) is 5. The van der Waals surface area contributed by atoms with Crippen LogP contribution in [0, 0.1) is 5.82 Å². The molecule has 2 aromatic carbocycles. The van der Waals surface area contributed by atoms with E-state index in [0.29, 0.717) is 31.9 Å². The van der Waals surface area contributed by atoms with Gasteiger partial charge in [0.15, 0.2) is 5.78 Å². The number of piperazine rings is 1. The monoisotopic (exact) mass is 539 g/mol. The zero-order valence-corrected chi connectivity index (χ0v) is 21.3. The van der Waals surface area contributed by atoms with Gasteiger partial charge in [-0.05, 0) is 36.9 Å². The maximum Gasteiger partial charge on any atom is 0.324 e. The van der Waals surface area contributed by atoms with E-state index in [-0.39, 0.29) is 23.7 Å². The summed E-state index contributed by atoms with van der Waals surface area (Å²) in [4.78, 5) is 46.5. The molecule has 204 valence electrons. The highest BCUT2D eigenvalue weighted by molar-refractivity contribution is 5.99. The van der Waals surface area contributed by atoms with Crippen LogP contribution in [0.1, 0.15) is 15.9 Å². The van der Waals surface area contributed by atoms with Crippen LogP contribution in [0.5, 0.6) is 0 Å². The van der Waals surface area contributed by atoms with E-state index in [4.69, 9.17) is 0 Å². The third kappa shape index (κ3) is 6.99. The Labute approximate surface area is 224 Å². The van der Waals surface area contributed by atoms with Gasteiger partial charge in [-0.15, -0.1) is 0 Å². The number of urea groups is 1. The van der Waals surface area contributed by atoms with Gasteiger partial charge in [-0.25, -0.2) is 9.18 Å². The molecular weight excluding hydrogens is 511 g/mol. The Hall–Kier alpha value is -4.25. The third-order valence-corrected chi connectivity index (χ3v) is 6.48. The summed E-state index contributed by atoms with van der Waals surface area (Å²) < 4.78 is 39.9. The molecule has 3 aromatic rings. The number of carbonyl (C=O) groups is 3. The van der Waals surface area contributed by atoms with Crippen molar-refractivity contribution in [1.82, 2.24) is 20.1 Å². The number of Topliss-reactive ketones (excluding diaryl/α,β-unsaturated/α-hetero) is 1. The number of pyridine rings is 1. The van der Waals surface area contributed by atoms with E-state index in [1.54, 1.807) is 23.4 Å². The first kappa shape index (κ1) is 27.8. The van der Waals surface area contributed by atoms with E-state index in [1.807, 2.05) is 42.7 Å². The van der Waals surface area contributed by atoms with E-state index < -0.39 is 30.5 Å². The lowest BCUT2D eigenvalue weighted by atomic mass is 10.1. The maximum absolute atomic E-state index is 15.2. The molecule has 0 saturated carbocycles. The van der Waals surface area contributed by atoms with Crippen molar-refractivity contribution in [3.8, 4) is 11.1 Å². The second-order valence-corrected chi connectivity index (χ2v) is 9.20. The van der Waals surface area contributed by atoms with Crippen LogP contribution in [0.4, 0.5) is 23.7 Å². The molecule has 39 heavy (non-hydrogen) atoms. The van der Waals surface area contributed by atoms with Crippen molar-refractivity contribution in [1.29, 1.82) is 0 Å². The first-order valence-electron chi connectivity index (χ1n) is 12.4. The summed E-state index contributed by atoms with van der Waals surface area (Å²) in [5, 5.41) is 1.81. The van der Waals surface area contributed by atoms with E-state index >= 15 is 4.39 Å². The molecule has 1 saturated heterocycles. The zero-order chi connectivity index (χ0) is 27.9. The number of likely N-dealkylation sites (N-methyl/N-ethyl adjacent to an activating group) is 1. The fraction of sp³-hybridized carbons (Fsp3) is 0.286. The van der Waals surface area contributed by atoms with Gasteiger partial charge in [0.1, 0.15) is 5.82 Å². The molecule has 11 heteroatoms. The number of alkyl halides is 2. The highest BCUT2D eigenvalue weighted by atomic mass is 19.3. The molecule has 0 unspecified atom stereocenters. The van der Waals surface area contributed by atoms with Gasteiger partial charge in [-0.2, -0.15) is 8.78 Å². The smallest absolute Gasteiger partial charge is 0.324 e. The van der Waals surface area contributed by atoms with E-state index in [9.17, 15) is 23.2 Å². The standard InChI is InChI=1S/C28H28F3N5O3/c1-34-10-12-35(13-11-34)28(39)36(23-6-2-4-19(14-23)21-5-3-9-32-16-21)18-22-8-7-20(15-24(22)29)25(37)17-33-27(38)26(30)31/h2-9,14-16,26H,10-13,17-18H2,1H3,(H,33,38). The summed E-state index contributed by atoms with van der Waals surface area (Å²) in [5.41, 5.74) is 2.34. The quantitative estimate of drug-likeness (QED) is 0.440. The first-order chi connectivity index (χ1) is 18.7. The molecule has 0 aliphatic carbocycles. The number of nitrogens with one attached hydrogen (secondary N) is 1. The minimum absolute atomic E-state index is 0.0821. The van der Waals surface area contributed by atoms with Crippen molar-refractivity contribution in [3.05, 3.63) is 83.9 Å². The summed E-state index contributed by atoms with van der Waals surface area (Å²) >= 11 is 0. The maximum atomic E-state index is 15.2. The number of benzene rings is 2. The Morgan fingerprint density at radius 1 is 1.00 bits per heavy atom. The van der Waals surface area contributed by atoms with E-state index in [2.05, 4.69) is 9.88 Å². The summed E-state index contributed by atoms with van der Waals surface area (Å²) in [6.07, 6.45) is 0.128. The molecule has 4 rings (SSSR count). The van der Waals surface area contributed by atoms with Gasteiger partial charge in [0, 0.05) is 61.0 Å². The summed E-state index contributed by atoms with van der Waals surface area (Å²) in [6.45, 7) is 1.68. The Bertz CT molecular complexity index is 1330. The molecule has 0 bridgehead atoms. The number of nitrogens with zero attached hydrogens (tertiary/aromatic N) is 4. The number of amides is 3. The number of rotatable bonds is 8. The van der Waals surface area contributed by atoms with Crippen molar-refractivity contribution in [2.45, 2.75) is 13.0 Å². The number of carbonyl (C=O) groups excluding carboxylic acids is 3. The average Bonchev–Trinajstić information content (AvgIpc) is 2.95. The lowest BCUT2D eigenvalue weighted by Gasteiger charge is -2.36. The van der Waals surface area contributed by atoms with Crippen LogP contribution in [0.3, 0.4) is 0 Å². The zero-order valence-electron chi connectivity index (χ0n) is 21.3. The SMILES string of the molecule is CN1CCN(C(=O)N(Cc2ccc(C(=O)CNC(=O)C(F)F)cc2F)c2cccc(-c3cccnc3)c2)CC1. The predicted molar refractivity (Wildman–Crippen MR) is 140 cm³/mol. The molecule has 0 atom stereocenters. The topological polar surface area (TPSA) is 85.9 Å². The average molecular weight is 540 g/mol.